The van der Waals surface area contributed by atoms with Crippen LogP contribution >= 0.6 is 11.6 Å². The molecule has 1 aromatic rings. The molecule has 1 fully saturated rings. The molecular formula is C11H10ClN3O2. The second kappa shape index (κ2) is 4.97. The molecule has 0 aromatic heterocycles. The summed E-state index contributed by atoms with van der Waals surface area (Å²) >= 11 is 5.76. The summed E-state index contributed by atoms with van der Waals surface area (Å²) in [4.78, 5) is 25.7. The van der Waals surface area contributed by atoms with Crippen LogP contribution in [0.1, 0.15) is 5.56 Å². The van der Waals surface area contributed by atoms with E-state index in [0.29, 0.717) is 18.0 Å². The van der Waals surface area contributed by atoms with E-state index in [0.717, 1.165) is 5.56 Å². The van der Waals surface area contributed by atoms with Crippen LogP contribution < -0.4 is 10.6 Å². The number of benzene rings is 1. The molecule has 1 aromatic carbocycles. The quantitative estimate of drug-likeness (QED) is 0.768. The summed E-state index contributed by atoms with van der Waals surface area (Å²) in [5.74, 6) is -1.13. The third kappa shape index (κ3) is 3.04. The summed E-state index contributed by atoms with van der Waals surface area (Å²) < 4.78 is 0. The molecule has 17 heavy (non-hydrogen) atoms. The summed E-state index contributed by atoms with van der Waals surface area (Å²) in [5.41, 5.74) is 1.09. The number of guanidine groups is 1. The van der Waals surface area contributed by atoms with Crippen molar-refractivity contribution in [3.05, 3.63) is 34.9 Å². The van der Waals surface area contributed by atoms with Crippen molar-refractivity contribution in [1.29, 1.82) is 0 Å². The molecule has 0 spiro atoms. The summed E-state index contributed by atoms with van der Waals surface area (Å²) in [7, 11) is 0. The molecule has 0 aliphatic carbocycles. The normalized spacial score (nSPS) is 14.5. The van der Waals surface area contributed by atoms with Gasteiger partial charge in [0.05, 0.1) is 0 Å². The lowest BCUT2D eigenvalue weighted by molar-refractivity contribution is -0.135. The SMILES string of the molecule is O=C1NC(=NCCc2ccc(Cl)cc2)NC1=O. The molecule has 1 aliphatic heterocycles. The maximum absolute atomic E-state index is 10.8. The minimum absolute atomic E-state index is 0.217. The van der Waals surface area contributed by atoms with E-state index in [-0.39, 0.29) is 5.96 Å². The van der Waals surface area contributed by atoms with Gasteiger partial charge < -0.3 is 0 Å². The third-order valence-electron chi connectivity index (χ3n) is 2.25. The van der Waals surface area contributed by atoms with Crippen LogP contribution in [0.3, 0.4) is 0 Å². The Morgan fingerprint density at radius 1 is 1.06 bits per heavy atom. The highest BCUT2D eigenvalue weighted by molar-refractivity contribution is 6.45. The van der Waals surface area contributed by atoms with E-state index in [9.17, 15) is 9.59 Å². The minimum atomic E-state index is -0.671. The molecule has 2 rings (SSSR count). The Balaban J connectivity index is 1.87. The van der Waals surface area contributed by atoms with Gasteiger partial charge >= 0.3 is 11.8 Å². The summed E-state index contributed by atoms with van der Waals surface area (Å²) in [6.45, 7) is 0.484. The average molecular weight is 252 g/mol. The maximum atomic E-state index is 10.8. The van der Waals surface area contributed by atoms with Crippen LogP contribution in [0.15, 0.2) is 29.3 Å². The number of carbonyl (C=O) groups excluding carboxylic acids is 2. The average Bonchev–Trinajstić information content (AvgIpc) is 2.61. The van der Waals surface area contributed by atoms with Gasteiger partial charge in [0.2, 0.25) is 5.96 Å². The highest BCUT2D eigenvalue weighted by atomic mass is 35.5. The topological polar surface area (TPSA) is 70.6 Å². The van der Waals surface area contributed by atoms with Crippen molar-refractivity contribution in [1.82, 2.24) is 10.6 Å². The number of rotatable bonds is 3. The molecule has 0 bridgehead atoms. The lowest BCUT2D eigenvalue weighted by Gasteiger charge is -1.99. The highest BCUT2D eigenvalue weighted by Gasteiger charge is 2.24. The van der Waals surface area contributed by atoms with Crippen LogP contribution in [-0.4, -0.2) is 24.3 Å². The lowest BCUT2D eigenvalue weighted by atomic mass is 10.1. The van der Waals surface area contributed by atoms with Gasteiger partial charge in [0.1, 0.15) is 0 Å². The Morgan fingerprint density at radius 3 is 2.24 bits per heavy atom. The van der Waals surface area contributed by atoms with Gasteiger partial charge in [-0.25, -0.2) is 0 Å². The zero-order valence-electron chi connectivity index (χ0n) is 8.87. The van der Waals surface area contributed by atoms with Crippen molar-refractivity contribution in [3.63, 3.8) is 0 Å². The van der Waals surface area contributed by atoms with E-state index in [4.69, 9.17) is 11.6 Å². The van der Waals surface area contributed by atoms with Crippen LogP contribution in [0.2, 0.25) is 5.02 Å². The van der Waals surface area contributed by atoms with Gasteiger partial charge in [-0.15, -0.1) is 0 Å². The molecule has 6 heteroatoms. The third-order valence-corrected chi connectivity index (χ3v) is 2.51. The Labute approximate surface area is 103 Å². The number of hydrogen-bond donors (Lipinski definition) is 2. The Morgan fingerprint density at radius 2 is 1.65 bits per heavy atom. The first-order valence-electron chi connectivity index (χ1n) is 5.06. The molecule has 5 nitrogen and oxygen atoms in total. The Kier molecular flexibility index (Phi) is 3.39. The molecule has 0 atom stereocenters. The predicted molar refractivity (Wildman–Crippen MR) is 63.7 cm³/mol. The first kappa shape index (κ1) is 11.6. The fourth-order valence-corrected chi connectivity index (χ4v) is 1.51. The van der Waals surface area contributed by atoms with E-state index in [1.807, 2.05) is 24.3 Å². The fraction of sp³-hybridized carbons (Fsp3) is 0.182. The van der Waals surface area contributed by atoms with Gasteiger partial charge in [-0.05, 0) is 24.1 Å². The number of nitrogens with one attached hydrogen (secondary N) is 2. The predicted octanol–water partition coefficient (Wildman–Crippen LogP) is 0.484. The molecule has 0 unspecified atom stereocenters. The van der Waals surface area contributed by atoms with Crippen LogP contribution in [0, 0.1) is 0 Å². The van der Waals surface area contributed by atoms with Crippen molar-refractivity contribution in [2.24, 2.45) is 4.99 Å². The number of hydrogen-bond acceptors (Lipinski definition) is 3. The van der Waals surface area contributed by atoms with Crippen LogP contribution in [0.4, 0.5) is 0 Å². The van der Waals surface area contributed by atoms with Crippen LogP contribution in [0.25, 0.3) is 0 Å². The number of nitrogens with zero attached hydrogens (tertiary/aromatic N) is 1. The lowest BCUT2D eigenvalue weighted by Crippen LogP contribution is -2.26. The summed E-state index contributed by atoms with van der Waals surface area (Å²) in [5, 5.41) is 5.35. The number of aliphatic imine (C=N–C) groups is 1. The molecule has 1 saturated heterocycles. The van der Waals surface area contributed by atoms with Crippen molar-refractivity contribution in [2.45, 2.75) is 6.42 Å². The standard InChI is InChI=1S/C11H10ClN3O2/c12-8-3-1-7(2-4-8)5-6-13-11-14-9(16)10(17)15-11/h1-4H,5-6H2,(H2,13,14,15,16,17). The van der Waals surface area contributed by atoms with Crippen LogP contribution in [-0.2, 0) is 16.0 Å². The van der Waals surface area contributed by atoms with Crippen LogP contribution in [0.5, 0.6) is 0 Å². The van der Waals surface area contributed by atoms with E-state index in [1.165, 1.54) is 0 Å². The molecule has 2 amide bonds. The largest absolute Gasteiger partial charge is 0.316 e. The Bertz CT molecular complexity index is 464. The second-order valence-corrected chi connectivity index (χ2v) is 3.95. The number of carbonyl (C=O) groups is 2. The van der Waals surface area contributed by atoms with Crippen molar-refractivity contribution >= 4 is 29.4 Å². The monoisotopic (exact) mass is 251 g/mol. The number of halogens is 1. The van der Waals surface area contributed by atoms with Crippen molar-refractivity contribution in [2.75, 3.05) is 6.54 Å². The Hall–Kier alpha value is -1.88. The van der Waals surface area contributed by atoms with Gasteiger partial charge in [0, 0.05) is 11.6 Å². The minimum Gasteiger partial charge on any atom is -0.288 e. The van der Waals surface area contributed by atoms with E-state index >= 15 is 0 Å². The number of amides is 2. The summed E-state index contributed by atoms with van der Waals surface area (Å²) in [6.07, 6.45) is 0.715. The fourth-order valence-electron chi connectivity index (χ4n) is 1.39. The summed E-state index contributed by atoms with van der Waals surface area (Å²) in [6, 6.07) is 7.44. The maximum Gasteiger partial charge on any atom is 0.316 e. The molecule has 0 radical (unpaired) electrons. The molecule has 2 N–H and O–H groups in total. The first-order valence-corrected chi connectivity index (χ1v) is 5.44. The van der Waals surface area contributed by atoms with E-state index in [1.54, 1.807) is 0 Å². The smallest absolute Gasteiger partial charge is 0.288 e. The zero-order chi connectivity index (χ0) is 12.3. The molecular weight excluding hydrogens is 242 g/mol. The van der Waals surface area contributed by atoms with Crippen molar-refractivity contribution in [3.8, 4) is 0 Å². The molecule has 1 aliphatic rings. The second-order valence-electron chi connectivity index (χ2n) is 3.52. The van der Waals surface area contributed by atoms with E-state index in [2.05, 4.69) is 15.6 Å². The van der Waals surface area contributed by atoms with Crippen molar-refractivity contribution < 1.29 is 9.59 Å². The molecule has 88 valence electrons. The molecule has 0 saturated carbocycles. The van der Waals surface area contributed by atoms with Gasteiger partial charge in [0.15, 0.2) is 0 Å². The van der Waals surface area contributed by atoms with Gasteiger partial charge in [-0.3, -0.25) is 25.2 Å². The van der Waals surface area contributed by atoms with Gasteiger partial charge in [-0.1, -0.05) is 23.7 Å². The highest BCUT2D eigenvalue weighted by Crippen LogP contribution is 2.09. The zero-order valence-corrected chi connectivity index (χ0v) is 9.62. The van der Waals surface area contributed by atoms with Gasteiger partial charge in [-0.2, -0.15) is 0 Å². The van der Waals surface area contributed by atoms with Gasteiger partial charge in [0.25, 0.3) is 0 Å². The van der Waals surface area contributed by atoms with E-state index < -0.39 is 11.8 Å². The first-order chi connectivity index (χ1) is 8.15. The molecule has 1 heterocycles.